The van der Waals surface area contributed by atoms with E-state index in [9.17, 15) is 5.11 Å². The Morgan fingerprint density at radius 2 is 2.15 bits per heavy atom. The van der Waals surface area contributed by atoms with E-state index in [2.05, 4.69) is 30.3 Å². The van der Waals surface area contributed by atoms with Crippen molar-refractivity contribution in [1.82, 2.24) is 19.5 Å². The monoisotopic (exact) mass is 366 g/mol. The Bertz CT molecular complexity index is 969. The largest absolute Gasteiger partial charge is 0.394 e. The van der Waals surface area contributed by atoms with Crippen molar-refractivity contribution in [3.8, 4) is 0 Å². The lowest BCUT2D eigenvalue weighted by molar-refractivity contribution is -0.0233. The molecule has 3 aromatic rings. The first kappa shape index (κ1) is 17.2. The van der Waals surface area contributed by atoms with E-state index < -0.39 is 18.4 Å². The molecule has 10 nitrogen and oxygen atoms in total. The third-order valence-corrected chi connectivity index (χ3v) is 4.56. The van der Waals surface area contributed by atoms with Crippen LogP contribution in [0, 0.1) is 0 Å². The van der Waals surface area contributed by atoms with Crippen molar-refractivity contribution in [2.75, 3.05) is 11.9 Å². The molecule has 1 aliphatic rings. The molecule has 138 valence electrons. The van der Waals surface area contributed by atoms with Gasteiger partial charge in [0.2, 0.25) is 0 Å². The summed E-state index contributed by atoms with van der Waals surface area (Å²) in [5.74, 6) is 0.630. The Morgan fingerprint density at radius 3 is 2.93 bits per heavy atom. The highest BCUT2D eigenvalue weighted by molar-refractivity contribution is 5.82. The van der Waals surface area contributed by atoms with Crippen LogP contribution in [0.15, 0.2) is 48.1 Å². The van der Waals surface area contributed by atoms with Crippen molar-refractivity contribution in [3.63, 3.8) is 0 Å². The number of hydrogen-bond acceptors (Lipinski definition) is 7. The van der Waals surface area contributed by atoms with Crippen LogP contribution in [-0.4, -0.2) is 43.4 Å². The van der Waals surface area contributed by atoms with Crippen LogP contribution in [0.25, 0.3) is 21.6 Å². The topological polar surface area (TPSA) is 134 Å². The summed E-state index contributed by atoms with van der Waals surface area (Å²) in [6, 6.07) is 9.56. The maximum atomic E-state index is 9.45. The Balaban J connectivity index is 1.58. The molecule has 0 amide bonds. The first-order chi connectivity index (χ1) is 13.3. The van der Waals surface area contributed by atoms with E-state index in [0.717, 1.165) is 5.56 Å². The van der Waals surface area contributed by atoms with E-state index in [1.54, 1.807) is 10.9 Å². The SMILES string of the molecule is [N-]=[N+]=N[C@H]1C[C@@H](n2cnc3c(NCc4ccccc4)ncnc32)O[C@@H]1CO. The Morgan fingerprint density at radius 1 is 1.30 bits per heavy atom. The quantitative estimate of drug-likeness (QED) is 0.391. The maximum Gasteiger partial charge on any atom is 0.167 e. The van der Waals surface area contributed by atoms with E-state index in [4.69, 9.17) is 10.3 Å². The second kappa shape index (κ2) is 7.58. The molecule has 1 aliphatic heterocycles. The summed E-state index contributed by atoms with van der Waals surface area (Å²) in [5, 5.41) is 16.4. The molecular weight excluding hydrogens is 348 g/mol. The van der Waals surface area contributed by atoms with Gasteiger partial charge in [0, 0.05) is 17.9 Å². The zero-order chi connectivity index (χ0) is 18.6. The molecule has 0 unspecified atom stereocenters. The molecule has 0 bridgehead atoms. The Hall–Kier alpha value is -3.20. The second-order valence-corrected chi connectivity index (χ2v) is 6.21. The van der Waals surface area contributed by atoms with Gasteiger partial charge in [-0.05, 0) is 11.1 Å². The minimum absolute atomic E-state index is 0.217. The number of anilines is 1. The molecule has 10 heteroatoms. The van der Waals surface area contributed by atoms with Crippen LogP contribution in [0.1, 0.15) is 18.2 Å². The smallest absolute Gasteiger partial charge is 0.167 e. The number of benzene rings is 1. The van der Waals surface area contributed by atoms with Crippen LogP contribution in [-0.2, 0) is 11.3 Å². The molecule has 1 aromatic carbocycles. The lowest BCUT2D eigenvalue weighted by Crippen LogP contribution is -2.22. The molecule has 3 heterocycles. The summed E-state index contributed by atoms with van der Waals surface area (Å²) in [5.41, 5.74) is 11.1. The standard InChI is InChI=1S/C17H18N8O2/c18-24-23-12-6-14(27-13(12)8-26)25-10-22-15-16(20-9-21-17(15)25)19-7-11-4-2-1-3-5-11/h1-5,9-10,12-14,26H,6-8H2,(H,19,20,21)/t12-,13+,14-/m0/s1. The number of aliphatic hydroxyl groups is 1. The maximum absolute atomic E-state index is 9.45. The normalized spacial score (nSPS) is 21.9. The summed E-state index contributed by atoms with van der Waals surface area (Å²) in [6.45, 7) is 0.400. The van der Waals surface area contributed by atoms with E-state index in [1.807, 2.05) is 30.3 Å². The van der Waals surface area contributed by atoms with Gasteiger partial charge in [-0.1, -0.05) is 35.4 Å². The number of aliphatic hydroxyl groups excluding tert-OH is 1. The van der Waals surface area contributed by atoms with Gasteiger partial charge in [0.05, 0.1) is 25.1 Å². The molecule has 4 rings (SSSR count). The molecule has 0 aliphatic carbocycles. The van der Waals surface area contributed by atoms with Gasteiger partial charge in [0.1, 0.15) is 12.6 Å². The lowest BCUT2D eigenvalue weighted by atomic mass is 10.1. The van der Waals surface area contributed by atoms with Gasteiger partial charge in [-0.15, -0.1) is 0 Å². The number of aromatic nitrogens is 4. The molecular formula is C17H18N8O2. The van der Waals surface area contributed by atoms with Gasteiger partial charge in [0.25, 0.3) is 0 Å². The Labute approximate surface area is 154 Å². The van der Waals surface area contributed by atoms with Crippen LogP contribution in [0.5, 0.6) is 0 Å². The van der Waals surface area contributed by atoms with Crippen LogP contribution >= 0.6 is 0 Å². The number of fused-ring (bicyclic) bond motifs is 1. The van der Waals surface area contributed by atoms with Gasteiger partial charge < -0.3 is 15.2 Å². The zero-order valence-corrected chi connectivity index (χ0v) is 14.4. The third-order valence-electron chi connectivity index (χ3n) is 4.56. The van der Waals surface area contributed by atoms with Crippen molar-refractivity contribution in [2.45, 2.75) is 31.3 Å². The summed E-state index contributed by atoms with van der Waals surface area (Å²) in [6.07, 6.45) is 2.58. The van der Waals surface area contributed by atoms with Crippen molar-refractivity contribution in [2.24, 2.45) is 5.11 Å². The molecule has 0 radical (unpaired) electrons. The van der Waals surface area contributed by atoms with Crippen molar-refractivity contribution >= 4 is 17.0 Å². The number of hydrogen-bond donors (Lipinski definition) is 2. The molecule has 1 saturated heterocycles. The zero-order valence-electron chi connectivity index (χ0n) is 14.4. The van der Waals surface area contributed by atoms with E-state index in [1.165, 1.54) is 6.33 Å². The summed E-state index contributed by atoms with van der Waals surface area (Å²) in [7, 11) is 0. The fourth-order valence-electron chi connectivity index (χ4n) is 3.21. The predicted molar refractivity (Wildman–Crippen MR) is 97.6 cm³/mol. The number of azide groups is 1. The molecule has 0 spiro atoms. The highest BCUT2D eigenvalue weighted by atomic mass is 16.5. The van der Waals surface area contributed by atoms with Crippen LogP contribution in [0.3, 0.4) is 0 Å². The Kier molecular flexibility index (Phi) is 4.84. The fraction of sp³-hybridized carbons (Fsp3) is 0.353. The molecule has 27 heavy (non-hydrogen) atoms. The van der Waals surface area contributed by atoms with Gasteiger partial charge in [-0.2, -0.15) is 0 Å². The number of nitrogens with zero attached hydrogens (tertiary/aromatic N) is 7. The van der Waals surface area contributed by atoms with Crippen LogP contribution in [0.2, 0.25) is 0 Å². The van der Waals surface area contributed by atoms with Gasteiger partial charge in [-0.25, -0.2) is 15.0 Å². The molecule has 3 atom stereocenters. The minimum Gasteiger partial charge on any atom is -0.394 e. The van der Waals surface area contributed by atoms with Gasteiger partial charge in [-0.3, -0.25) is 4.57 Å². The van der Waals surface area contributed by atoms with Gasteiger partial charge >= 0.3 is 0 Å². The molecule has 2 N–H and O–H groups in total. The van der Waals surface area contributed by atoms with E-state index in [-0.39, 0.29) is 6.61 Å². The number of nitrogens with one attached hydrogen (secondary N) is 1. The van der Waals surface area contributed by atoms with Crippen molar-refractivity contribution in [1.29, 1.82) is 0 Å². The van der Waals surface area contributed by atoms with Crippen LogP contribution < -0.4 is 5.32 Å². The van der Waals surface area contributed by atoms with E-state index in [0.29, 0.717) is 29.9 Å². The third kappa shape index (κ3) is 3.41. The highest BCUT2D eigenvalue weighted by Crippen LogP contribution is 2.33. The summed E-state index contributed by atoms with van der Waals surface area (Å²) < 4.78 is 7.60. The average molecular weight is 366 g/mol. The van der Waals surface area contributed by atoms with Crippen molar-refractivity contribution < 1.29 is 9.84 Å². The predicted octanol–water partition coefficient (Wildman–Crippen LogP) is 2.40. The first-order valence-electron chi connectivity index (χ1n) is 8.56. The molecule has 0 saturated carbocycles. The first-order valence-corrected chi connectivity index (χ1v) is 8.56. The average Bonchev–Trinajstić information content (AvgIpc) is 3.31. The summed E-state index contributed by atoms with van der Waals surface area (Å²) in [4.78, 5) is 15.9. The van der Waals surface area contributed by atoms with Gasteiger partial charge in [0.15, 0.2) is 17.0 Å². The minimum atomic E-state index is -0.541. The highest BCUT2D eigenvalue weighted by Gasteiger charge is 2.36. The fourth-order valence-corrected chi connectivity index (χ4v) is 3.21. The van der Waals surface area contributed by atoms with Crippen LogP contribution in [0.4, 0.5) is 5.82 Å². The van der Waals surface area contributed by atoms with Crippen molar-refractivity contribution in [3.05, 3.63) is 59.0 Å². The number of imidazole rings is 1. The molecule has 2 aromatic heterocycles. The lowest BCUT2D eigenvalue weighted by Gasteiger charge is -2.14. The van der Waals surface area contributed by atoms with E-state index >= 15 is 0 Å². The number of rotatable bonds is 6. The number of ether oxygens (including phenoxy) is 1. The molecule has 1 fully saturated rings. The second-order valence-electron chi connectivity index (χ2n) is 6.21. The summed E-state index contributed by atoms with van der Waals surface area (Å²) >= 11 is 0.